The maximum atomic E-state index is 6.22. The van der Waals surface area contributed by atoms with Crippen molar-refractivity contribution >= 4 is 307 Å². The fourth-order valence-corrected chi connectivity index (χ4v) is 26.0. The zero-order valence-corrected chi connectivity index (χ0v) is 36.9. The standard InChI is InChI=1S/C69H15NO/c1-2-8(9(3-1)70-4-6-71-7-5-70)69-66-62-56-42-34-26-14-11-10-12-15(14)27-29-25-19(12)21-17-13(10)16-20-18(11)24-28(26)40(42)48-46-32(24)30(20)38-36-22(16)23(17)37-39-31(21)33(25)47-49-41(29)43(35(27)34)57(56)63(66)59(49)61-53(47)51(39)55-45(37)44(36)54-50(38)52(46)60(58(48)62)67(69)64(54)65(55)68(61)69/h8H,1-7H2. The minimum absolute atomic E-state index is 0.241. The van der Waals surface area contributed by atoms with E-state index in [1.807, 2.05) is 0 Å². The Kier molecular flexibility index (Phi) is 2.36. The Morgan fingerprint density at radius 3 is 0.803 bits per heavy atom. The second kappa shape index (κ2) is 6.25. The van der Waals surface area contributed by atoms with Crippen molar-refractivity contribution in [2.24, 2.45) is 5.92 Å². The molecular weight excluding hydrogens is 859 g/mol. The highest BCUT2D eigenvalue weighted by Gasteiger charge is 2.61. The molecule has 302 valence electrons. The fraction of sp³-hybridized carbons (Fsp3) is 0.130. The normalized spacial score (nSPS) is 21.5. The number of benzene rings is 18. The summed E-state index contributed by atoms with van der Waals surface area (Å²) in [6, 6.07) is 0. The molecule has 34 rings (SSSR count). The van der Waals surface area contributed by atoms with Crippen LogP contribution in [0.1, 0.15) is 36.0 Å². The van der Waals surface area contributed by atoms with Crippen molar-refractivity contribution in [1.82, 2.24) is 0 Å². The molecule has 29 aromatic rings. The van der Waals surface area contributed by atoms with Crippen molar-refractivity contribution in [3.8, 4) is 0 Å². The molecule has 0 N–H and O–H groups in total. The lowest BCUT2D eigenvalue weighted by atomic mass is 9.57. The van der Waals surface area contributed by atoms with E-state index in [4.69, 9.17) is 4.74 Å². The first-order valence-corrected chi connectivity index (χ1v) is 27.3. The average Bonchev–Trinajstić information content (AvgIpc) is 4.37. The third kappa shape index (κ3) is 1.50. The smallest absolute Gasteiger partial charge is 0.166 e. The van der Waals surface area contributed by atoms with Crippen molar-refractivity contribution < 1.29 is 9.31 Å². The summed E-state index contributed by atoms with van der Waals surface area (Å²) in [5, 5.41) is 94.5. The molecule has 4 aliphatic carbocycles. The van der Waals surface area contributed by atoms with Gasteiger partial charge in [-0.05, 0) is 293 Å². The van der Waals surface area contributed by atoms with Gasteiger partial charge in [-0.25, -0.2) is 4.58 Å². The lowest BCUT2D eigenvalue weighted by molar-refractivity contribution is -0.552. The van der Waals surface area contributed by atoms with Gasteiger partial charge in [-0.2, -0.15) is 0 Å². The van der Waals surface area contributed by atoms with E-state index in [1.54, 1.807) is 324 Å². The molecule has 2 nitrogen and oxygen atoms in total. The number of rotatable bonds is 1. The van der Waals surface area contributed by atoms with Gasteiger partial charge in [0, 0.05) is 11.8 Å². The van der Waals surface area contributed by atoms with Crippen LogP contribution in [-0.4, -0.2) is 36.6 Å². The largest absolute Gasteiger partial charge is 0.368 e. The third-order valence-electron chi connectivity index (χ3n) is 26.2. The zero-order chi connectivity index (χ0) is 42.0. The quantitative estimate of drug-likeness (QED) is 0.0909. The molecule has 0 radical (unpaired) electrons. The topological polar surface area (TPSA) is 12.2 Å². The van der Waals surface area contributed by atoms with E-state index in [9.17, 15) is 0 Å². The predicted octanol–water partition coefficient (Wildman–Crippen LogP) is 17.6. The van der Waals surface area contributed by atoms with Crippen molar-refractivity contribution in [3.63, 3.8) is 0 Å². The van der Waals surface area contributed by atoms with E-state index in [0.717, 1.165) is 26.3 Å². The maximum absolute atomic E-state index is 6.22. The number of ether oxygens (including phenoxy) is 1. The molecule has 0 aromatic heterocycles. The summed E-state index contributed by atoms with van der Waals surface area (Å²) in [6.45, 7) is 3.78. The Hall–Kier alpha value is -8.04. The van der Waals surface area contributed by atoms with E-state index in [0.29, 0.717) is 5.92 Å². The molecule has 1 unspecified atom stereocenters. The molecule has 2 fully saturated rings. The van der Waals surface area contributed by atoms with E-state index in [2.05, 4.69) is 4.58 Å². The summed E-state index contributed by atoms with van der Waals surface area (Å²) in [4.78, 5) is 0. The van der Waals surface area contributed by atoms with Gasteiger partial charge in [-0.3, -0.25) is 0 Å². The van der Waals surface area contributed by atoms with Crippen LogP contribution in [-0.2, 0) is 10.2 Å². The molecule has 0 bridgehead atoms. The first-order chi connectivity index (χ1) is 35.5. The number of nitrogens with zero attached hydrogens (tertiary/aromatic N) is 1. The molecule has 2 heteroatoms. The Labute approximate surface area is 388 Å². The minimum Gasteiger partial charge on any atom is -0.368 e. The van der Waals surface area contributed by atoms with Crippen LogP contribution in [0.5, 0.6) is 0 Å². The number of morpholine rings is 1. The first-order valence-electron chi connectivity index (χ1n) is 27.3. The van der Waals surface area contributed by atoms with Gasteiger partial charge in [-0.15, -0.1) is 10.8 Å². The van der Waals surface area contributed by atoms with Gasteiger partial charge >= 0.3 is 0 Å². The van der Waals surface area contributed by atoms with E-state index in [-0.39, 0.29) is 5.41 Å². The van der Waals surface area contributed by atoms with Gasteiger partial charge in [0.25, 0.3) is 0 Å². The lowest BCUT2D eigenvalue weighted by Gasteiger charge is -2.46. The fourth-order valence-electron chi connectivity index (χ4n) is 26.0. The average molecular weight is 874 g/mol. The lowest BCUT2D eigenvalue weighted by Crippen LogP contribution is -2.44. The second-order valence-electron chi connectivity index (χ2n) is 26.5. The van der Waals surface area contributed by atoms with Crippen molar-refractivity contribution in [3.05, 3.63) is 16.7 Å². The van der Waals surface area contributed by atoms with Gasteiger partial charge in [0.05, 0.1) is 5.92 Å². The molecule has 1 saturated carbocycles. The van der Waals surface area contributed by atoms with Crippen LogP contribution >= 0.6 is 0 Å². The monoisotopic (exact) mass is 873 g/mol. The van der Waals surface area contributed by atoms with Gasteiger partial charge in [-0.1, -0.05) is 27.1 Å². The molecular formula is C69H15NO. The van der Waals surface area contributed by atoms with Crippen LogP contribution in [0.3, 0.4) is 0 Å². The van der Waals surface area contributed by atoms with Gasteiger partial charge in [0.15, 0.2) is 18.8 Å². The predicted molar refractivity (Wildman–Crippen MR) is 300 cm³/mol. The summed E-state index contributed by atoms with van der Waals surface area (Å²) in [5.74, 6) is 0.423. The molecule has 1 heterocycles. The van der Waals surface area contributed by atoms with Crippen LogP contribution in [0, 0.1) is 5.92 Å². The summed E-state index contributed by atoms with van der Waals surface area (Å²) in [6.07, 6.45) is 3.79. The Balaban J connectivity index is 1.15. The zero-order valence-electron chi connectivity index (χ0n) is 36.9. The molecule has 1 saturated heterocycles. The molecule has 1 aliphatic heterocycles. The Morgan fingerprint density at radius 1 is 0.296 bits per heavy atom. The highest BCUT2D eigenvalue weighted by Crippen LogP contribution is 2.83. The molecule has 0 amide bonds. The van der Waals surface area contributed by atoms with E-state index >= 15 is 0 Å². The number of hydrogen-bond acceptors (Lipinski definition) is 1. The minimum atomic E-state index is -0.241. The highest BCUT2D eigenvalue weighted by atomic mass is 16.5. The summed E-state index contributed by atoms with van der Waals surface area (Å²) < 4.78 is 9.11. The molecule has 0 spiro atoms. The summed E-state index contributed by atoms with van der Waals surface area (Å²) in [7, 11) is 0. The molecule has 1 atom stereocenters. The van der Waals surface area contributed by atoms with Gasteiger partial charge < -0.3 is 4.74 Å². The Morgan fingerprint density at radius 2 is 0.521 bits per heavy atom. The van der Waals surface area contributed by atoms with Crippen LogP contribution in [0.15, 0.2) is 0 Å². The van der Waals surface area contributed by atoms with Crippen LogP contribution in [0.25, 0.3) is 302 Å². The molecule has 5 aliphatic rings. The molecule has 71 heavy (non-hydrogen) atoms. The summed E-state index contributed by atoms with van der Waals surface area (Å²) >= 11 is 0. The van der Waals surface area contributed by atoms with Gasteiger partial charge in [0.1, 0.15) is 13.2 Å². The van der Waals surface area contributed by atoms with Crippen LogP contribution < -0.4 is 0 Å². The van der Waals surface area contributed by atoms with Crippen molar-refractivity contribution in [2.75, 3.05) is 26.3 Å². The SMILES string of the molecule is C1CC(=[N+]2CCOCC2)C(C23c4c5c6c2c2c7c8c6c6c9c5c5c%10c4c4c%11c%10c%10c%12c5c9c5c9c6c8c6c8c7c7c%13c%14c8c8c6c9c6c5c%12c5c%10c9c%10c%12c5c6c8c%12c%14c5c%10c(c9%11)c6c(c5%13)c(c27)[c-]3c46)C1. The van der Waals surface area contributed by atoms with E-state index in [1.165, 1.54) is 19.3 Å². The van der Waals surface area contributed by atoms with Crippen molar-refractivity contribution in [1.29, 1.82) is 0 Å². The maximum Gasteiger partial charge on any atom is 0.166 e. The highest BCUT2D eigenvalue weighted by molar-refractivity contribution is 6.83. The van der Waals surface area contributed by atoms with Crippen LogP contribution in [0.2, 0.25) is 0 Å². The summed E-state index contributed by atoms with van der Waals surface area (Å²) in [5.41, 5.74) is 6.95. The van der Waals surface area contributed by atoms with Crippen molar-refractivity contribution in [2.45, 2.75) is 24.7 Å². The first kappa shape index (κ1) is 26.8. The van der Waals surface area contributed by atoms with Gasteiger partial charge in [0.2, 0.25) is 0 Å². The second-order valence-corrected chi connectivity index (χ2v) is 26.5. The third-order valence-corrected chi connectivity index (χ3v) is 26.2. The Bertz CT molecular complexity index is 6850. The molecule has 29 aromatic carbocycles. The van der Waals surface area contributed by atoms with Crippen LogP contribution in [0.4, 0.5) is 0 Å². The number of hydrogen-bond donors (Lipinski definition) is 0. The van der Waals surface area contributed by atoms with E-state index < -0.39 is 0 Å².